The highest BCUT2D eigenvalue weighted by Gasteiger charge is 2.32. The number of aryl methyl sites for hydroxylation is 1. The third-order valence-corrected chi connectivity index (χ3v) is 1.90. The summed E-state index contributed by atoms with van der Waals surface area (Å²) >= 11 is 0. The van der Waals surface area contributed by atoms with Crippen molar-refractivity contribution in [1.82, 2.24) is 0 Å². The number of halogens is 4. The fourth-order valence-electron chi connectivity index (χ4n) is 1.09. The van der Waals surface area contributed by atoms with E-state index in [0.29, 0.717) is 5.56 Å². The van der Waals surface area contributed by atoms with Gasteiger partial charge < -0.3 is 11.1 Å². The summed E-state index contributed by atoms with van der Waals surface area (Å²) < 4.78 is 49.6. The predicted molar refractivity (Wildman–Crippen MR) is 54.4 cm³/mol. The molecule has 0 aliphatic heterocycles. The number of nitrogen functional groups attached to an aromatic ring is 1. The van der Waals surface area contributed by atoms with Crippen LogP contribution in [0.4, 0.5) is 28.9 Å². The molecule has 0 fully saturated rings. The molecule has 0 unspecified atom stereocenters. The molecule has 0 heterocycles. The van der Waals surface area contributed by atoms with Gasteiger partial charge in [0.25, 0.3) is 0 Å². The van der Waals surface area contributed by atoms with Gasteiger partial charge >= 0.3 is 6.18 Å². The van der Waals surface area contributed by atoms with Crippen LogP contribution in [0.3, 0.4) is 0 Å². The first-order valence-corrected chi connectivity index (χ1v) is 4.30. The van der Waals surface area contributed by atoms with Crippen LogP contribution in [0.25, 0.3) is 0 Å². The number of rotatable bonds is 2. The van der Waals surface area contributed by atoms with E-state index >= 15 is 0 Å². The van der Waals surface area contributed by atoms with E-state index in [0.717, 1.165) is 6.07 Å². The van der Waals surface area contributed by atoms with Crippen LogP contribution < -0.4 is 11.1 Å². The summed E-state index contributed by atoms with van der Waals surface area (Å²) in [7, 11) is 0. The van der Waals surface area contributed by atoms with Gasteiger partial charge in [-0.05, 0) is 24.6 Å². The molecular weight excluding hydrogens is 224 g/mol. The Morgan fingerprint density at radius 2 is 1.94 bits per heavy atom. The van der Waals surface area contributed by atoms with Crippen LogP contribution >= 0.6 is 0 Å². The van der Waals surface area contributed by atoms with E-state index in [4.69, 9.17) is 5.73 Å². The van der Waals surface area contributed by atoms with Crippen LogP contribution in [0.2, 0.25) is 0 Å². The van der Waals surface area contributed by atoms with E-state index in [1.165, 1.54) is 6.07 Å². The Morgan fingerprint density at radius 1 is 1.38 bits per heavy atom. The van der Waals surface area contributed by atoms with E-state index < -0.39 is 17.7 Å². The number of nitrogens with one attached hydrogen (secondary N) is 1. The van der Waals surface area contributed by atoms with Crippen LogP contribution in [0.5, 0.6) is 0 Å². The van der Waals surface area contributed by atoms with Crippen molar-refractivity contribution < 1.29 is 17.6 Å². The van der Waals surface area contributed by atoms with Crippen molar-refractivity contribution in [3.63, 3.8) is 0 Å². The third-order valence-electron chi connectivity index (χ3n) is 1.90. The summed E-state index contributed by atoms with van der Waals surface area (Å²) in [4.78, 5) is 0. The number of alkyl halides is 3. The maximum atomic E-state index is 13.1. The van der Waals surface area contributed by atoms with Crippen molar-refractivity contribution >= 4 is 11.4 Å². The molecule has 0 radical (unpaired) electrons. The Labute approximate surface area is 89.8 Å². The van der Waals surface area contributed by atoms with Crippen molar-refractivity contribution in [2.24, 2.45) is 0 Å². The monoisotopic (exact) mass is 234 g/mol. The molecule has 0 saturated carbocycles. The van der Waals surface area contributed by atoms with Crippen LogP contribution in [0.1, 0.15) is 5.56 Å². The second kappa shape index (κ2) is 4.03. The maximum Gasteiger partial charge on any atom is 0.430 e. The minimum atomic E-state index is -4.59. The molecule has 0 aliphatic carbocycles. The van der Waals surface area contributed by atoms with Gasteiger partial charge in [0.05, 0.1) is 11.4 Å². The smallest absolute Gasteiger partial charge is 0.395 e. The average Bonchev–Trinajstić information content (AvgIpc) is 2.11. The lowest BCUT2D eigenvalue weighted by atomic mass is 10.2. The van der Waals surface area contributed by atoms with Gasteiger partial charge in [-0.1, -0.05) is 6.58 Å². The Bertz CT molecular complexity index is 424. The zero-order valence-electron chi connectivity index (χ0n) is 8.45. The van der Waals surface area contributed by atoms with Crippen LogP contribution in [-0.2, 0) is 0 Å². The van der Waals surface area contributed by atoms with Crippen molar-refractivity contribution in [3.05, 3.63) is 35.8 Å². The minimum Gasteiger partial charge on any atom is -0.395 e. The van der Waals surface area contributed by atoms with Crippen molar-refractivity contribution in [1.29, 1.82) is 0 Å². The highest BCUT2D eigenvalue weighted by atomic mass is 19.4. The van der Waals surface area contributed by atoms with E-state index in [-0.39, 0.29) is 11.4 Å². The molecule has 0 aliphatic rings. The van der Waals surface area contributed by atoms with Gasteiger partial charge in [0.15, 0.2) is 0 Å². The molecule has 0 amide bonds. The fourth-order valence-corrected chi connectivity index (χ4v) is 1.09. The standard InChI is InChI=1S/C10H10F4N2/c1-5-3-7(11)9(15)8(4-5)16-6(2)10(12,13)14/h3-4,16H,2,15H2,1H3. The zero-order valence-corrected chi connectivity index (χ0v) is 8.45. The first-order chi connectivity index (χ1) is 7.21. The molecule has 0 spiro atoms. The zero-order chi connectivity index (χ0) is 12.5. The summed E-state index contributed by atoms with van der Waals surface area (Å²) in [6, 6.07) is 2.45. The molecule has 0 saturated heterocycles. The van der Waals surface area contributed by atoms with Crippen LogP contribution in [-0.4, -0.2) is 6.18 Å². The van der Waals surface area contributed by atoms with Crippen molar-refractivity contribution in [2.75, 3.05) is 11.1 Å². The molecule has 2 nitrogen and oxygen atoms in total. The van der Waals surface area contributed by atoms with Gasteiger partial charge in [-0.2, -0.15) is 13.2 Å². The number of hydrogen-bond acceptors (Lipinski definition) is 2. The molecular formula is C10H10F4N2. The van der Waals surface area contributed by atoms with Gasteiger partial charge in [0, 0.05) is 0 Å². The topological polar surface area (TPSA) is 38.0 Å². The van der Waals surface area contributed by atoms with Gasteiger partial charge in [-0.25, -0.2) is 4.39 Å². The fraction of sp³-hybridized carbons (Fsp3) is 0.200. The Kier molecular flexibility index (Phi) is 3.11. The number of nitrogens with two attached hydrogens (primary N) is 1. The highest BCUT2D eigenvalue weighted by Crippen LogP contribution is 2.30. The third kappa shape index (κ3) is 2.65. The predicted octanol–water partition coefficient (Wildman–Crippen LogP) is 3.20. The second-order valence-corrected chi connectivity index (χ2v) is 3.31. The van der Waals surface area contributed by atoms with E-state index in [1.807, 2.05) is 5.32 Å². The van der Waals surface area contributed by atoms with Gasteiger partial charge in [0.2, 0.25) is 0 Å². The lowest BCUT2D eigenvalue weighted by Crippen LogP contribution is -2.18. The molecule has 1 aromatic rings. The summed E-state index contributed by atoms with van der Waals surface area (Å²) in [6.45, 7) is 4.35. The molecule has 0 aromatic heterocycles. The molecule has 1 rings (SSSR count). The van der Waals surface area contributed by atoms with Crippen LogP contribution in [0, 0.1) is 12.7 Å². The largest absolute Gasteiger partial charge is 0.430 e. The van der Waals surface area contributed by atoms with Crippen molar-refractivity contribution in [2.45, 2.75) is 13.1 Å². The van der Waals surface area contributed by atoms with Crippen LogP contribution in [0.15, 0.2) is 24.4 Å². The minimum absolute atomic E-state index is 0.139. The number of benzene rings is 1. The number of hydrogen-bond donors (Lipinski definition) is 2. The molecule has 0 bridgehead atoms. The molecule has 6 heteroatoms. The maximum absolute atomic E-state index is 13.1. The Balaban J connectivity index is 3.03. The summed E-state index contributed by atoms with van der Waals surface area (Å²) in [5.74, 6) is -0.766. The molecule has 88 valence electrons. The van der Waals surface area contributed by atoms with E-state index in [9.17, 15) is 17.6 Å². The summed E-state index contributed by atoms with van der Waals surface area (Å²) in [5.41, 5.74) is 4.06. The summed E-state index contributed by atoms with van der Waals surface area (Å²) in [5, 5.41) is 1.95. The average molecular weight is 234 g/mol. The molecule has 0 atom stereocenters. The lowest BCUT2D eigenvalue weighted by Gasteiger charge is -2.15. The van der Waals surface area contributed by atoms with Gasteiger partial charge in [0.1, 0.15) is 11.5 Å². The lowest BCUT2D eigenvalue weighted by molar-refractivity contribution is -0.0898. The second-order valence-electron chi connectivity index (χ2n) is 3.31. The summed E-state index contributed by atoms with van der Waals surface area (Å²) in [6.07, 6.45) is -4.59. The first kappa shape index (κ1) is 12.4. The highest BCUT2D eigenvalue weighted by molar-refractivity contribution is 5.69. The normalized spacial score (nSPS) is 11.3. The van der Waals surface area contributed by atoms with Crippen molar-refractivity contribution in [3.8, 4) is 0 Å². The van der Waals surface area contributed by atoms with Gasteiger partial charge in [-0.15, -0.1) is 0 Å². The number of allylic oxidation sites excluding steroid dienone is 1. The molecule has 1 aromatic carbocycles. The van der Waals surface area contributed by atoms with Gasteiger partial charge in [-0.3, -0.25) is 0 Å². The van der Waals surface area contributed by atoms with E-state index in [2.05, 4.69) is 6.58 Å². The molecule has 3 N–H and O–H groups in total. The molecule has 16 heavy (non-hydrogen) atoms. The number of anilines is 2. The SMILES string of the molecule is C=C(Nc1cc(C)cc(F)c1N)C(F)(F)F. The first-order valence-electron chi connectivity index (χ1n) is 4.30. The Morgan fingerprint density at radius 3 is 2.44 bits per heavy atom. The van der Waals surface area contributed by atoms with E-state index in [1.54, 1.807) is 6.92 Å². The quantitative estimate of drug-likeness (QED) is 0.609. The Hall–Kier alpha value is -1.72.